The first-order valence-electron chi connectivity index (χ1n) is 12.1. The Labute approximate surface area is 198 Å². The number of nitrogens with zero attached hydrogens (tertiary/aromatic N) is 2. The molecular formula is C25H38N2O5S. The number of hydrogen-bond donors (Lipinski definition) is 0. The summed E-state index contributed by atoms with van der Waals surface area (Å²) in [5.74, 6) is -0.926. The minimum Gasteiger partial charge on any atom is -0.452 e. The second-order valence-corrected chi connectivity index (χ2v) is 11.5. The van der Waals surface area contributed by atoms with Crippen molar-refractivity contribution in [2.45, 2.75) is 84.1 Å². The smallest absolute Gasteiger partial charge is 0.309 e. The maximum Gasteiger partial charge on any atom is 0.309 e. The topological polar surface area (TPSA) is 84.0 Å². The fraction of sp³-hybridized carbons (Fsp3) is 0.680. The molecule has 2 aliphatic rings. The molecule has 1 unspecified atom stereocenters. The Balaban J connectivity index is 1.61. The number of carbonyl (C=O) groups excluding carboxylic acids is 2. The zero-order chi connectivity index (χ0) is 24.3. The van der Waals surface area contributed by atoms with E-state index in [4.69, 9.17) is 4.74 Å². The molecular weight excluding hydrogens is 440 g/mol. The van der Waals surface area contributed by atoms with Crippen molar-refractivity contribution in [1.29, 1.82) is 0 Å². The number of hydrogen-bond acceptors (Lipinski definition) is 5. The Morgan fingerprint density at radius 1 is 0.909 bits per heavy atom. The maximum absolute atomic E-state index is 13.4. The lowest BCUT2D eigenvalue weighted by Gasteiger charge is -2.32. The van der Waals surface area contributed by atoms with E-state index in [0.717, 1.165) is 47.9 Å². The highest BCUT2D eigenvalue weighted by molar-refractivity contribution is 7.89. The van der Waals surface area contributed by atoms with Crippen molar-refractivity contribution in [3.05, 3.63) is 28.3 Å². The molecule has 0 bridgehead atoms. The quantitative estimate of drug-likeness (QED) is 0.603. The second kappa shape index (κ2) is 10.6. The van der Waals surface area contributed by atoms with Crippen molar-refractivity contribution in [3.63, 3.8) is 0 Å². The number of piperidine rings is 1. The van der Waals surface area contributed by atoms with Gasteiger partial charge in [-0.3, -0.25) is 9.59 Å². The summed E-state index contributed by atoms with van der Waals surface area (Å²) in [6.07, 6.45) is 4.20. The van der Waals surface area contributed by atoms with Crippen LogP contribution >= 0.6 is 0 Å². The van der Waals surface area contributed by atoms with Crippen LogP contribution in [0.3, 0.4) is 0 Å². The van der Waals surface area contributed by atoms with Crippen LogP contribution in [-0.4, -0.2) is 61.8 Å². The monoisotopic (exact) mass is 478 g/mol. The van der Waals surface area contributed by atoms with E-state index in [-0.39, 0.29) is 19.0 Å². The average Bonchev–Trinajstić information content (AvgIpc) is 3.07. The lowest BCUT2D eigenvalue weighted by Crippen LogP contribution is -2.44. The van der Waals surface area contributed by atoms with Crippen molar-refractivity contribution < 1.29 is 22.7 Å². The van der Waals surface area contributed by atoms with Crippen LogP contribution in [0, 0.1) is 33.6 Å². The van der Waals surface area contributed by atoms with E-state index in [2.05, 4.69) is 0 Å². The minimum absolute atomic E-state index is 0.133. The third kappa shape index (κ3) is 5.60. The van der Waals surface area contributed by atoms with Crippen LogP contribution in [0.1, 0.15) is 67.7 Å². The molecule has 0 saturated carbocycles. The third-order valence-electron chi connectivity index (χ3n) is 7.24. The highest BCUT2D eigenvalue weighted by Gasteiger charge is 2.36. The van der Waals surface area contributed by atoms with Gasteiger partial charge in [0, 0.05) is 26.2 Å². The Hall–Kier alpha value is -1.93. The molecule has 2 fully saturated rings. The number of amides is 1. The molecule has 0 spiro atoms. The van der Waals surface area contributed by atoms with Gasteiger partial charge in [-0.05, 0) is 82.6 Å². The third-order valence-corrected chi connectivity index (χ3v) is 9.41. The van der Waals surface area contributed by atoms with E-state index < -0.39 is 28.0 Å². The van der Waals surface area contributed by atoms with Gasteiger partial charge in [0.05, 0.1) is 10.8 Å². The van der Waals surface area contributed by atoms with Gasteiger partial charge >= 0.3 is 5.97 Å². The summed E-state index contributed by atoms with van der Waals surface area (Å²) >= 11 is 0. The SMILES string of the molecule is Cc1cc(C)c(C)c(S(=O)(=O)N2CCC(C(=O)OC(C)C(=O)N3CCCCCC3)CC2)c1C. The number of rotatable bonds is 5. The van der Waals surface area contributed by atoms with E-state index in [0.29, 0.717) is 30.8 Å². The molecule has 184 valence electrons. The summed E-state index contributed by atoms with van der Waals surface area (Å²) in [5.41, 5.74) is 3.47. The predicted octanol–water partition coefficient (Wildman–Crippen LogP) is 3.66. The number of aryl methyl sites for hydroxylation is 2. The molecule has 1 aromatic carbocycles. The maximum atomic E-state index is 13.4. The molecule has 1 atom stereocenters. The number of benzene rings is 1. The van der Waals surface area contributed by atoms with Gasteiger partial charge in [-0.2, -0.15) is 4.31 Å². The van der Waals surface area contributed by atoms with E-state index >= 15 is 0 Å². The first-order valence-corrected chi connectivity index (χ1v) is 13.5. The summed E-state index contributed by atoms with van der Waals surface area (Å²) in [6.45, 7) is 11.2. The Bertz CT molecular complexity index is 962. The minimum atomic E-state index is -3.65. The van der Waals surface area contributed by atoms with E-state index in [1.54, 1.807) is 11.8 Å². The number of likely N-dealkylation sites (tertiary alicyclic amines) is 1. The molecule has 0 radical (unpaired) electrons. The van der Waals surface area contributed by atoms with Crippen LogP contribution in [-0.2, 0) is 24.3 Å². The molecule has 1 aromatic rings. The zero-order valence-corrected chi connectivity index (χ0v) is 21.5. The van der Waals surface area contributed by atoms with Crippen molar-refractivity contribution in [2.24, 2.45) is 5.92 Å². The zero-order valence-electron chi connectivity index (χ0n) is 20.6. The van der Waals surface area contributed by atoms with Crippen LogP contribution in [0.25, 0.3) is 0 Å². The van der Waals surface area contributed by atoms with Crippen LogP contribution in [0.4, 0.5) is 0 Å². The fourth-order valence-electron chi connectivity index (χ4n) is 4.90. The summed E-state index contributed by atoms with van der Waals surface area (Å²) in [7, 11) is -3.65. The van der Waals surface area contributed by atoms with E-state index in [9.17, 15) is 18.0 Å². The molecule has 0 aromatic heterocycles. The second-order valence-electron chi connectivity index (χ2n) is 9.59. The first kappa shape index (κ1) is 25.7. The van der Waals surface area contributed by atoms with E-state index in [1.807, 2.05) is 33.8 Å². The molecule has 7 nitrogen and oxygen atoms in total. The molecule has 8 heteroatoms. The molecule has 3 rings (SSSR count). The predicted molar refractivity (Wildman–Crippen MR) is 127 cm³/mol. The van der Waals surface area contributed by atoms with Gasteiger partial charge in [-0.15, -0.1) is 0 Å². The normalized spacial score (nSPS) is 19.7. The first-order chi connectivity index (χ1) is 15.5. The summed E-state index contributed by atoms with van der Waals surface area (Å²) in [5, 5.41) is 0. The van der Waals surface area contributed by atoms with Crippen molar-refractivity contribution in [1.82, 2.24) is 9.21 Å². The van der Waals surface area contributed by atoms with Gasteiger partial charge in [0.25, 0.3) is 5.91 Å². The van der Waals surface area contributed by atoms with Crippen molar-refractivity contribution in [3.8, 4) is 0 Å². The van der Waals surface area contributed by atoms with Crippen LogP contribution < -0.4 is 0 Å². The number of esters is 1. The van der Waals surface area contributed by atoms with Crippen LogP contribution in [0.2, 0.25) is 0 Å². The molecule has 33 heavy (non-hydrogen) atoms. The van der Waals surface area contributed by atoms with Gasteiger partial charge in [0.2, 0.25) is 10.0 Å². The molecule has 1 amide bonds. The molecule has 0 N–H and O–H groups in total. The summed E-state index contributed by atoms with van der Waals surface area (Å²) in [6, 6.07) is 2.01. The van der Waals surface area contributed by atoms with Gasteiger partial charge in [-0.25, -0.2) is 8.42 Å². The van der Waals surface area contributed by atoms with Gasteiger partial charge in [0.1, 0.15) is 0 Å². The van der Waals surface area contributed by atoms with Gasteiger partial charge in [0.15, 0.2) is 6.10 Å². The Morgan fingerprint density at radius 3 is 1.94 bits per heavy atom. The van der Waals surface area contributed by atoms with Crippen molar-refractivity contribution in [2.75, 3.05) is 26.2 Å². The number of carbonyl (C=O) groups is 2. The average molecular weight is 479 g/mol. The molecule has 0 aliphatic carbocycles. The lowest BCUT2D eigenvalue weighted by atomic mass is 9.98. The fourth-order valence-corrected chi connectivity index (χ4v) is 6.94. The summed E-state index contributed by atoms with van der Waals surface area (Å²) in [4.78, 5) is 27.6. The standard InChI is InChI=1S/C25H38N2O5S/c1-17-16-18(2)20(4)23(19(17)3)33(30,31)27-14-10-22(11-15-27)25(29)32-21(5)24(28)26-12-8-6-7-9-13-26/h16,21-22H,6-15H2,1-5H3. The Kier molecular flexibility index (Phi) is 8.22. The highest BCUT2D eigenvalue weighted by Crippen LogP contribution is 2.31. The number of sulfonamides is 1. The van der Waals surface area contributed by atoms with E-state index in [1.165, 1.54) is 4.31 Å². The molecule has 2 aliphatic heterocycles. The number of ether oxygens (including phenoxy) is 1. The largest absolute Gasteiger partial charge is 0.452 e. The molecule has 2 saturated heterocycles. The van der Waals surface area contributed by atoms with Gasteiger partial charge in [-0.1, -0.05) is 18.9 Å². The lowest BCUT2D eigenvalue weighted by molar-refractivity contribution is -0.163. The van der Waals surface area contributed by atoms with Gasteiger partial charge < -0.3 is 9.64 Å². The highest BCUT2D eigenvalue weighted by atomic mass is 32.2. The molecule has 2 heterocycles. The van der Waals surface area contributed by atoms with Crippen LogP contribution in [0.5, 0.6) is 0 Å². The van der Waals surface area contributed by atoms with Crippen molar-refractivity contribution >= 4 is 21.9 Å². The summed E-state index contributed by atoms with van der Waals surface area (Å²) < 4.78 is 33.9. The van der Waals surface area contributed by atoms with Crippen LogP contribution in [0.15, 0.2) is 11.0 Å². The Morgan fingerprint density at radius 2 is 1.42 bits per heavy atom.